The highest BCUT2D eigenvalue weighted by molar-refractivity contribution is 5.71. The van der Waals surface area contributed by atoms with Crippen LogP contribution < -0.4 is 16.0 Å². The molecule has 2 aliphatic heterocycles. The van der Waals surface area contributed by atoms with Gasteiger partial charge >= 0.3 is 0 Å². The Morgan fingerprint density at radius 1 is 1.38 bits per heavy atom. The molecule has 0 amide bonds. The summed E-state index contributed by atoms with van der Waals surface area (Å²) in [7, 11) is 0. The number of aromatic nitrogens is 4. The van der Waals surface area contributed by atoms with Crippen molar-refractivity contribution >= 4 is 11.5 Å². The lowest BCUT2D eigenvalue weighted by Crippen LogP contribution is -2.63. The van der Waals surface area contributed by atoms with Crippen molar-refractivity contribution in [1.82, 2.24) is 19.5 Å². The number of rotatable bonds is 2. The molecule has 0 bridgehead atoms. The first-order chi connectivity index (χ1) is 11.7. The first kappa shape index (κ1) is 16.7. The summed E-state index contributed by atoms with van der Waals surface area (Å²) in [6, 6.07) is 0. The summed E-state index contributed by atoms with van der Waals surface area (Å²) in [6.07, 6.45) is 11.5. The predicted molar refractivity (Wildman–Crippen MR) is 96.3 cm³/mol. The summed E-state index contributed by atoms with van der Waals surface area (Å²) in [6.45, 7) is 7.44. The van der Waals surface area contributed by atoms with Crippen LogP contribution in [0.3, 0.4) is 0 Å². The zero-order valence-corrected chi connectivity index (χ0v) is 14.7. The third-order valence-electron chi connectivity index (χ3n) is 4.78. The van der Waals surface area contributed by atoms with Crippen LogP contribution in [-0.2, 0) is 0 Å². The SMILES string of the molecule is CCC.CC[C@@]12CCCN1c1nc(-n3ccnc3)ncc1NC2N. The molecule has 0 saturated carbocycles. The number of nitrogens with one attached hydrogen (secondary N) is 1. The second-order valence-electron chi connectivity index (χ2n) is 6.42. The van der Waals surface area contributed by atoms with Crippen LogP contribution in [0.1, 0.15) is 46.5 Å². The molecule has 1 fully saturated rings. The fraction of sp³-hybridized carbons (Fsp3) is 0.588. The van der Waals surface area contributed by atoms with E-state index in [0.29, 0.717) is 5.95 Å². The topological polar surface area (TPSA) is 84.9 Å². The smallest absolute Gasteiger partial charge is 0.236 e. The maximum Gasteiger partial charge on any atom is 0.236 e. The lowest BCUT2D eigenvalue weighted by molar-refractivity contribution is 0.344. The Morgan fingerprint density at radius 2 is 2.17 bits per heavy atom. The van der Waals surface area contributed by atoms with Gasteiger partial charge in [-0.3, -0.25) is 4.57 Å². The highest BCUT2D eigenvalue weighted by Crippen LogP contribution is 2.44. The van der Waals surface area contributed by atoms with Gasteiger partial charge in [0.2, 0.25) is 5.95 Å². The summed E-state index contributed by atoms with van der Waals surface area (Å²) in [5, 5.41) is 3.38. The summed E-state index contributed by atoms with van der Waals surface area (Å²) >= 11 is 0. The van der Waals surface area contributed by atoms with Gasteiger partial charge in [-0.2, -0.15) is 4.98 Å². The Bertz CT molecular complexity index is 670. The van der Waals surface area contributed by atoms with Crippen molar-refractivity contribution in [2.45, 2.75) is 58.2 Å². The highest BCUT2D eigenvalue weighted by Gasteiger charge is 2.49. The molecular weight excluding hydrogens is 302 g/mol. The van der Waals surface area contributed by atoms with E-state index in [1.54, 1.807) is 12.5 Å². The highest BCUT2D eigenvalue weighted by atomic mass is 15.4. The average molecular weight is 329 g/mol. The van der Waals surface area contributed by atoms with Gasteiger partial charge in [-0.25, -0.2) is 9.97 Å². The second-order valence-corrected chi connectivity index (χ2v) is 6.42. The van der Waals surface area contributed by atoms with Crippen LogP contribution in [0.2, 0.25) is 0 Å². The van der Waals surface area contributed by atoms with E-state index in [1.165, 1.54) is 6.42 Å². The number of imidazole rings is 1. The number of hydrogen-bond donors (Lipinski definition) is 2. The largest absolute Gasteiger partial charge is 0.364 e. The second kappa shape index (κ2) is 6.76. The van der Waals surface area contributed by atoms with Crippen molar-refractivity contribution in [3.8, 4) is 5.95 Å². The molecule has 2 aromatic rings. The van der Waals surface area contributed by atoms with Crippen LogP contribution in [0.5, 0.6) is 0 Å². The monoisotopic (exact) mass is 329 g/mol. The number of hydrogen-bond acceptors (Lipinski definition) is 6. The van der Waals surface area contributed by atoms with Gasteiger partial charge in [-0.1, -0.05) is 27.2 Å². The Kier molecular flexibility index (Phi) is 4.71. The van der Waals surface area contributed by atoms with Gasteiger partial charge in [0, 0.05) is 18.9 Å². The lowest BCUT2D eigenvalue weighted by atomic mass is 9.87. The van der Waals surface area contributed by atoms with Gasteiger partial charge in [-0.15, -0.1) is 0 Å². The Balaban J connectivity index is 0.000000526. The van der Waals surface area contributed by atoms with E-state index in [4.69, 9.17) is 10.7 Å². The molecule has 7 nitrogen and oxygen atoms in total. The molecule has 0 aliphatic carbocycles. The molecule has 2 aliphatic rings. The van der Waals surface area contributed by atoms with Gasteiger partial charge < -0.3 is 16.0 Å². The van der Waals surface area contributed by atoms with E-state index < -0.39 is 0 Å². The fourth-order valence-electron chi connectivity index (χ4n) is 3.60. The molecule has 24 heavy (non-hydrogen) atoms. The summed E-state index contributed by atoms with van der Waals surface area (Å²) < 4.78 is 1.82. The first-order valence-electron chi connectivity index (χ1n) is 8.81. The number of fused-ring (bicyclic) bond motifs is 3. The number of anilines is 2. The molecule has 1 saturated heterocycles. The van der Waals surface area contributed by atoms with Gasteiger partial charge in [-0.05, 0) is 19.3 Å². The molecule has 0 aromatic carbocycles. The molecule has 130 valence electrons. The molecule has 4 heterocycles. The zero-order chi connectivity index (χ0) is 17.2. The minimum absolute atomic E-state index is 0.0342. The summed E-state index contributed by atoms with van der Waals surface area (Å²) in [4.78, 5) is 15.6. The fourth-order valence-corrected chi connectivity index (χ4v) is 3.60. The summed E-state index contributed by atoms with van der Waals surface area (Å²) in [5.74, 6) is 1.59. The molecule has 0 spiro atoms. The molecule has 7 heteroatoms. The van der Waals surface area contributed by atoms with Crippen molar-refractivity contribution < 1.29 is 0 Å². The Hall–Kier alpha value is -2.15. The standard InChI is InChI=1S/C14H19N7.C3H8/c1-2-14-4-3-6-21(14)11-10(18-12(14)15)8-17-13(19-11)20-7-5-16-9-20;1-3-2/h5,7-9,12,18H,2-4,6,15H2,1H3;3H2,1-2H3/t12?,14-;/m0./s1. The van der Waals surface area contributed by atoms with Crippen LogP contribution in [-0.4, -0.2) is 37.8 Å². The van der Waals surface area contributed by atoms with Crippen molar-refractivity contribution in [3.05, 3.63) is 24.9 Å². The minimum atomic E-state index is -0.0832. The maximum atomic E-state index is 6.39. The maximum absolute atomic E-state index is 6.39. The third kappa shape index (κ3) is 2.62. The van der Waals surface area contributed by atoms with E-state index in [9.17, 15) is 0 Å². The lowest BCUT2D eigenvalue weighted by Gasteiger charge is -2.47. The van der Waals surface area contributed by atoms with Crippen LogP contribution in [0, 0.1) is 0 Å². The van der Waals surface area contributed by atoms with Crippen molar-refractivity contribution in [3.63, 3.8) is 0 Å². The van der Waals surface area contributed by atoms with Crippen LogP contribution >= 0.6 is 0 Å². The van der Waals surface area contributed by atoms with Crippen molar-refractivity contribution in [1.29, 1.82) is 0 Å². The number of nitrogens with zero attached hydrogens (tertiary/aromatic N) is 5. The van der Waals surface area contributed by atoms with E-state index in [0.717, 1.165) is 37.3 Å². The summed E-state index contributed by atoms with van der Waals surface area (Å²) in [5.41, 5.74) is 7.27. The molecular formula is C17H27N7. The number of nitrogens with two attached hydrogens (primary N) is 1. The molecule has 4 rings (SSSR count). The van der Waals surface area contributed by atoms with E-state index in [2.05, 4.69) is 41.0 Å². The van der Waals surface area contributed by atoms with Crippen molar-refractivity contribution in [2.24, 2.45) is 5.73 Å². The molecule has 3 N–H and O–H groups in total. The normalized spacial score (nSPS) is 24.5. The minimum Gasteiger partial charge on any atom is -0.364 e. The van der Waals surface area contributed by atoms with Gasteiger partial charge in [0.15, 0.2) is 5.82 Å². The quantitative estimate of drug-likeness (QED) is 0.881. The van der Waals surface area contributed by atoms with Gasteiger partial charge in [0.25, 0.3) is 0 Å². The molecule has 2 atom stereocenters. The molecule has 1 unspecified atom stereocenters. The van der Waals surface area contributed by atoms with E-state index in [-0.39, 0.29) is 11.7 Å². The van der Waals surface area contributed by atoms with E-state index >= 15 is 0 Å². The molecule has 2 aromatic heterocycles. The first-order valence-corrected chi connectivity index (χ1v) is 8.81. The zero-order valence-electron chi connectivity index (χ0n) is 14.7. The van der Waals surface area contributed by atoms with Crippen LogP contribution in [0.4, 0.5) is 11.5 Å². The van der Waals surface area contributed by atoms with Gasteiger partial charge in [0.05, 0.1) is 23.6 Å². The average Bonchev–Trinajstić information content (AvgIpc) is 3.26. The van der Waals surface area contributed by atoms with Crippen LogP contribution in [0.25, 0.3) is 5.95 Å². The Labute approximate surface area is 143 Å². The Morgan fingerprint density at radius 3 is 2.83 bits per heavy atom. The van der Waals surface area contributed by atoms with Crippen LogP contribution in [0.15, 0.2) is 24.9 Å². The predicted octanol–water partition coefficient (Wildman–Crippen LogP) is 2.54. The third-order valence-corrected chi connectivity index (χ3v) is 4.78. The molecule has 0 radical (unpaired) electrons. The van der Waals surface area contributed by atoms with E-state index in [1.807, 2.05) is 17.0 Å². The van der Waals surface area contributed by atoms with Crippen molar-refractivity contribution in [2.75, 3.05) is 16.8 Å². The van der Waals surface area contributed by atoms with Gasteiger partial charge in [0.1, 0.15) is 6.33 Å².